The number of aliphatic hydroxyl groups excluding tert-OH is 2. The molecule has 1 fully saturated rings. The van der Waals surface area contributed by atoms with Crippen molar-refractivity contribution in [2.75, 3.05) is 6.61 Å². The van der Waals surface area contributed by atoms with Crippen LogP contribution < -0.4 is 0 Å². The zero-order valence-corrected chi connectivity index (χ0v) is 14.7. The summed E-state index contributed by atoms with van der Waals surface area (Å²) >= 11 is 0. The average molecular weight is 328 g/mol. The molecule has 0 aromatic rings. The maximum atomic E-state index is 11.9. The number of ketones is 1. The standard InChI is InChI=1S/C21H28O3/c1-13(23)17-5-6-18-16-4-3-14-11-15(24)7-10-21(14,12-22)19(16)8-9-20(17,18)2/h3-4,11,13,17,19,22-23H,5-10,12H2,1-2H3/t13?,17-,19+,20-,21-/m1/s1. The number of carbonyl (C=O) groups is 1. The molecule has 3 nitrogen and oxygen atoms in total. The van der Waals surface area contributed by atoms with Gasteiger partial charge in [-0.3, -0.25) is 4.79 Å². The lowest BCUT2D eigenvalue weighted by Gasteiger charge is -2.51. The van der Waals surface area contributed by atoms with E-state index in [0.717, 1.165) is 37.7 Å². The summed E-state index contributed by atoms with van der Waals surface area (Å²) in [6.07, 6.45) is 11.3. The predicted octanol–water partition coefficient (Wildman–Crippen LogP) is 3.33. The fourth-order valence-corrected chi connectivity index (χ4v) is 6.24. The topological polar surface area (TPSA) is 57.5 Å². The van der Waals surface area contributed by atoms with Crippen LogP contribution in [0.25, 0.3) is 0 Å². The van der Waals surface area contributed by atoms with E-state index in [4.69, 9.17) is 0 Å². The SMILES string of the molecule is CC(O)[C@H]1CCC2=C3C=CC4=CC(=O)CC[C@]4(CO)[C@H]3CC[C@@]21C. The third kappa shape index (κ3) is 2.01. The van der Waals surface area contributed by atoms with Crippen LogP contribution in [0.5, 0.6) is 0 Å². The first-order chi connectivity index (χ1) is 11.4. The Kier molecular flexibility index (Phi) is 3.67. The number of allylic oxidation sites excluding steroid dienone is 5. The van der Waals surface area contributed by atoms with Crippen molar-refractivity contribution >= 4 is 5.78 Å². The molecular weight excluding hydrogens is 300 g/mol. The van der Waals surface area contributed by atoms with Gasteiger partial charge >= 0.3 is 0 Å². The summed E-state index contributed by atoms with van der Waals surface area (Å²) in [5, 5.41) is 20.5. The van der Waals surface area contributed by atoms with Crippen LogP contribution in [0, 0.1) is 22.7 Å². The summed E-state index contributed by atoms with van der Waals surface area (Å²) in [5.74, 6) is 0.845. The van der Waals surface area contributed by atoms with Crippen molar-refractivity contribution in [3.63, 3.8) is 0 Å². The molecule has 0 amide bonds. The highest BCUT2D eigenvalue weighted by Crippen LogP contribution is 2.62. The fourth-order valence-electron chi connectivity index (χ4n) is 6.24. The van der Waals surface area contributed by atoms with Crippen LogP contribution in [0.3, 0.4) is 0 Å². The molecule has 1 unspecified atom stereocenters. The highest BCUT2D eigenvalue weighted by molar-refractivity contribution is 5.92. The van der Waals surface area contributed by atoms with Crippen LogP contribution in [0.15, 0.2) is 34.9 Å². The second-order valence-corrected chi connectivity index (χ2v) is 8.54. The van der Waals surface area contributed by atoms with Gasteiger partial charge < -0.3 is 10.2 Å². The van der Waals surface area contributed by atoms with Crippen LogP contribution >= 0.6 is 0 Å². The summed E-state index contributed by atoms with van der Waals surface area (Å²) in [7, 11) is 0. The quantitative estimate of drug-likeness (QED) is 0.817. The van der Waals surface area contributed by atoms with Gasteiger partial charge in [-0.15, -0.1) is 0 Å². The molecule has 0 bridgehead atoms. The number of hydrogen-bond donors (Lipinski definition) is 2. The van der Waals surface area contributed by atoms with E-state index in [-0.39, 0.29) is 29.3 Å². The van der Waals surface area contributed by atoms with Gasteiger partial charge in [0.15, 0.2) is 5.78 Å². The maximum Gasteiger partial charge on any atom is 0.156 e. The van der Waals surface area contributed by atoms with Crippen molar-refractivity contribution in [3.8, 4) is 0 Å². The van der Waals surface area contributed by atoms with Gasteiger partial charge in [0.1, 0.15) is 0 Å². The van der Waals surface area contributed by atoms with E-state index < -0.39 is 0 Å². The Morgan fingerprint density at radius 1 is 1.25 bits per heavy atom. The Morgan fingerprint density at radius 2 is 2.04 bits per heavy atom. The smallest absolute Gasteiger partial charge is 0.156 e. The van der Waals surface area contributed by atoms with Gasteiger partial charge in [0.05, 0.1) is 12.7 Å². The van der Waals surface area contributed by atoms with Gasteiger partial charge in [0.25, 0.3) is 0 Å². The van der Waals surface area contributed by atoms with Crippen LogP contribution in [0.4, 0.5) is 0 Å². The summed E-state index contributed by atoms with van der Waals surface area (Å²) in [6.45, 7) is 4.37. The highest BCUT2D eigenvalue weighted by atomic mass is 16.3. The molecule has 24 heavy (non-hydrogen) atoms. The number of fused-ring (bicyclic) bond motifs is 4. The van der Waals surface area contributed by atoms with Crippen molar-refractivity contribution in [1.29, 1.82) is 0 Å². The summed E-state index contributed by atoms with van der Waals surface area (Å²) in [4.78, 5) is 11.9. The molecule has 0 aromatic carbocycles. The van der Waals surface area contributed by atoms with Gasteiger partial charge in [-0.1, -0.05) is 24.6 Å². The minimum absolute atomic E-state index is 0.0900. The second kappa shape index (κ2) is 5.40. The van der Waals surface area contributed by atoms with Gasteiger partial charge in [-0.2, -0.15) is 0 Å². The first-order valence-corrected chi connectivity index (χ1v) is 9.38. The van der Waals surface area contributed by atoms with Crippen molar-refractivity contribution in [3.05, 3.63) is 34.9 Å². The highest BCUT2D eigenvalue weighted by Gasteiger charge is 2.54. The van der Waals surface area contributed by atoms with Crippen molar-refractivity contribution < 1.29 is 15.0 Å². The molecule has 0 radical (unpaired) electrons. The van der Waals surface area contributed by atoms with E-state index in [1.54, 1.807) is 6.08 Å². The molecule has 4 rings (SSSR count). The first-order valence-electron chi connectivity index (χ1n) is 9.38. The Labute approximate surface area is 144 Å². The molecule has 0 heterocycles. The monoisotopic (exact) mass is 328 g/mol. The number of aliphatic hydroxyl groups is 2. The lowest BCUT2D eigenvalue weighted by molar-refractivity contribution is -0.116. The van der Waals surface area contributed by atoms with E-state index in [0.29, 0.717) is 18.3 Å². The molecule has 0 aliphatic heterocycles. The lowest BCUT2D eigenvalue weighted by Crippen LogP contribution is -2.45. The van der Waals surface area contributed by atoms with E-state index in [9.17, 15) is 15.0 Å². The van der Waals surface area contributed by atoms with Gasteiger partial charge in [0, 0.05) is 11.8 Å². The summed E-state index contributed by atoms with van der Waals surface area (Å²) < 4.78 is 0. The van der Waals surface area contributed by atoms with Crippen LogP contribution in [-0.4, -0.2) is 28.7 Å². The van der Waals surface area contributed by atoms with E-state index >= 15 is 0 Å². The molecular formula is C21H28O3. The lowest BCUT2D eigenvalue weighted by atomic mass is 9.53. The molecule has 2 N–H and O–H groups in total. The summed E-state index contributed by atoms with van der Waals surface area (Å²) in [5.41, 5.74) is 3.75. The molecule has 4 aliphatic carbocycles. The number of rotatable bonds is 2. The number of hydrogen-bond acceptors (Lipinski definition) is 3. The summed E-state index contributed by atoms with van der Waals surface area (Å²) in [6, 6.07) is 0. The fraction of sp³-hybridized carbons (Fsp3) is 0.667. The van der Waals surface area contributed by atoms with Crippen LogP contribution in [-0.2, 0) is 4.79 Å². The van der Waals surface area contributed by atoms with Crippen LogP contribution in [0.2, 0.25) is 0 Å². The van der Waals surface area contributed by atoms with E-state index in [1.807, 2.05) is 6.92 Å². The zero-order valence-electron chi connectivity index (χ0n) is 14.7. The normalized spacial score (nSPS) is 42.3. The predicted molar refractivity (Wildman–Crippen MR) is 93.2 cm³/mol. The maximum absolute atomic E-state index is 11.9. The zero-order chi connectivity index (χ0) is 17.1. The third-order valence-electron chi connectivity index (χ3n) is 7.57. The number of carbonyl (C=O) groups excluding carboxylic acids is 1. The Hall–Kier alpha value is -1.19. The first kappa shape index (κ1) is 16.3. The van der Waals surface area contributed by atoms with Crippen LogP contribution in [0.1, 0.15) is 52.4 Å². The van der Waals surface area contributed by atoms with Crippen molar-refractivity contribution in [1.82, 2.24) is 0 Å². The third-order valence-corrected chi connectivity index (χ3v) is 7.57. The van der Waals surface area contributed by atoms with Gasteiger partial charge in [-0.25, -0.2) is 0 Å². The van der Waals surface area contributed by atoms with Gasteiger partial charge in [-0.05, 0) is 73.5 Å². The molecule has 0 aromatic heterocycles. The van der Waals surface area contributed by atoms with Crippen molar-refractivity contribution in [2.24, 2.45) is 22.7 Å². The Morgan fingerprint density at radius 3 is 2.75 bits per heavy atom. The minimum Gasteiger partial charge on any atom is -0.395 e. The van der Waals surface area contributed by atoms with Gasteiger partial charge in [0.2, 0.25) is 0 Å². The largest absolute Gasteiger partial charge is 0.395 e. The minimum atomic E-state index is -0.271. The Bertz CT molecular complexity index is 669. The van der Waals surface area contributed by atoms with Crippen molar-refractivity contribution in [2.45, 2.75) is 58.5 Å². The molecule has 0 spiro atoms. The second-order valence-electron chi connectivity index (χ2n) is 8.54. The molecule has 0 saturated heterocycles. The molecule has 1 saturated carbocycles. The molecule has 5 atom stereocenters. The van der Waals surface area contributed by atoms with E-state index in [1.165, 1.54) is 11.1 Å². The van der Waals surface area contributed by atoms with E-state index in [2.05, 4.69) is 19.1 Å². The molecule has 3 heteroatoms. The molecule has 130 valence electrons. The average Bonchev–Trinajstić information content (AvgIpc) is 2.91. The molecule has 4 aliphatic rings. The Balaban J connectivity index is 1.84.